The summed E-state index contributed by atoms with van der Waals surface area (Å²) in [6.07, 6.45) is 5.63. The van der Waals surface area contributed by atoms with Gasteiger partial charge in [0, 0.05) is 24.4 Å². The summed E-state index contributed by atoms with van der Waals surface area (Å²) in [7, 11) is 0. The highest BCUT2D eigenvalue weighted by Gasteiger charge is 2.78. The molecule has 1 aromatic carbocycles. The summed E-state index contributed by atoms with van der Waals surface area (Å²) in [5.41, 5.74) is -1.73. The fourth-order valence-corrected chi connectivity index (χ4v) is 8.20. The molecule has 0 aliphatic carbocycles. The zero-order valence-corrected chi connectivity index (χ0v) is 27.3. The molecule has 3 aliphatic rings. The Hall–Kier alpha value is -2.65. The standard InChI is InChI=1S/C34H53N3O6/c1-8-33-18-19-34(43-33)26(25(33)28(39)35-23-14-16-24(17-15-23)42-9-2)30(41)37(20-12-10-11-13-21-38)27(34)29(40)36-32(6,7)22-31(3,4)5/h14-17,25-27,38H,8-13,18-22H2,1-7H3,(H,35,39)(H,36,40)/t25-,26-,27?,33+,34?/m0/s1. The maximum absolute atomic E-state index is 14.4. The van der Waals surface area contributed by atoms with E-state index < -0.39 is 34.6 Å². The van der Waals surface area contributed by atoms with Gasteiger partial charge < -0.3 is 30.1 Å². The summed E-state index contributed by atoms with van der Waals surface area (Å²) in [6, 6.07) is 6.42. The predicted octanol–water partition coefficient (Wildman–Crippen LogP) is 5.06. The number of nitrogens with one attached hydrogen (secondary N) is 2. The van der Waals surface area contributed by atoms with Crippen LogP contribution in [-0.2, 0) is 19.1 Å². The lowest BCUT2D eigenvalue weighted by molar-refractivity contribution is -0.147. The second-order valence-corrected chi connectivity index (χ2v) is 14.6. The minimum absolute atomic E-state index is 0.00583. The van der Waals surface area contributed by atoms with Crippen molar-refractivity contribution in [3.8, 4) is 5.75 Å². The van der Waals surface area contributed by atoms with Crippen LogP contribution in [0.3, 0.4) is 0 Å². The van der Waals surface area contributed by atoms with Crippen molar-refractivity contribution in [3.63, 3.8) is 0 Å². The summed E-state index contributed by atoms with van der Waals surface area (Å²) in [6.45, 7) is 15.5. The van der Waals surface area contributed by atoms with Crippen LogP contribution in [0.4, 0.5) is 5.69 Å². The molecule has 4 rings (SSSR count). The van der Waals surface area contributed by atoms with E-state index in [1.54, 1.807) is 17.0 Å². The Bertz CT molecular complexity index is 1160. The molecule has 0 aromatic heterocycles. The van der Waals surface area contributed by atoms with Gasteiger partial charge in [-0.2, -0.15) is 0 Å². The van der Waals surface area contributed by atoms with Crippen LogP contribution in [0.5, 0.6) is 5.75 Å². The van der Waals surface area contributed by atoms with Crippen LogP contribution >= 0.6 is 0 Å². The van der Waals surface area contributed by atoms with E-state index in [2.05, 4.69) is 31.4 Å². The highest BCUT2D eigenvalue weighted by Crippen LogP contribution is 2.64. The molecule has 43 heavy (non-hydrogen) atoms. The molecule has 1 spiro atoms. The van der Waals surface area contributed by atoms with Crippen molar-refractivity contribution >= 4 is 23.4 Å². The first kappa shape index (κ1) is 33.2. The Kier molecular flexibility index (Phi) is 9.86. The second-order valence-electron chi connectivity index (χ2n) is 14.6. The van der Waals surface area contributed by atoms with E-state index in [0.717, 1.165) is 25.0 Å². The van der Waals surface area contributed by atoms with Gasteiger partial charge in [-0.15, -0.1) is 0 Å². The minimum atomic E-state index is -1.05. The van der Waals surface area contributed by atoms with E-state index in [0.29, 0.717) is 50.9 Å². The number of rotatable bonds is 14. The van der Waals surface area contributed by atoms with Crippen molar-refractivity contribution in [2.45, 2.75) is 123 Å². The van der Waals surface area contributed by atoms with Crippen molar-refractivity contribution in [2.24, 2.45) is 17.3 Å². The van der Waals surface area contributed by atoms with Crippen LogP contribution in [0.2, 0.25) is 0 Å². The average molecular weight is 600 g/mol. The molecule has 240 valence electrons. The van der Waals surface area contributed by atoms with Crippen LogP contribution in [0.15, 0.2) is 24.3 Å². The number of hydrogen-bond donors (Lipinski definition) is 3. The van der Waals surface area contributed by atoms with E-state index in [9.17, 15) is 19.5 Å². The molecule has 0 radical (unpaired) electrons. The van der Waals surface area contributed by atoms with Gasteiger partial charge in [0.05, 0.1) is 24.0 Å². The van der Waals surface area contributed by atoms with E-state index >= 15 is 0 Å². The number of unbranched alkanes of at least 4 members (excludes halogenated alkanes) is 3. The molecule has 3 amide bonds. The number of aliphatic hydroxyl groups excluding tert-OH is 1. The van der Waals surface area contributed by atoms with Crippen molar-refractivity contribution in [3.05, 3.63) is 24.3 Å². The zero-order valence-electron chi connectivity index (χ0n) is 27.3. The lowest BCUT2D eigenvalue weighted by Crippen LogP contribution is -2.59. The molecule has 0 saturated carbocycles. The third kappa shape index (κ3) is 6.72. The molecule has 3 heterocycles. The van der Waals surface area contributed by atoms with Crippen molar-refractivity contribution in [1.82, 2.24) is 10.2 Å². The largest absolute Gasteiger partial charge is 0.494 e. The number of fused-ring (bicyclic) bond motifs is 1. The lowest BCUT2D eigenvalue weighted by atomic mass is 9.65. The minimum Gasteiger partial charge on any atom is -0.494 e. The van der Waals surface area contributed by atoms with E-state index in [-0.39, 0.29) is 29.7 Å². The number of aliphatic hydroxyl groups is 1. The third-order valence-electron chi connectivity index (χ3n) is 9.39. The Balaban J connectivity index is 1.65. The number of benzene rings is 1. The second kappa shape index (κ2) is 12.8. The van der Waals surface area contributed by atoms with Crippen LogP contribution in [0.25, 0.3) is 0 Å². The summed E-state index contributed by atoms with van der Waals surface area (Å²) in [5.74, 6) is -1.34. The Morgan fingerprint density at radius 2 is 1.70 bits per heavy atom. The lowest BCUT2D eigenvalue weighted by Gasteiger charge is -2.38. The van der Waals surface area contributed by atoms with Gasteiger partial charge in [0.25, 0.3) is 0 Å². The van der Waals surface area contributed by atoms with E-state index in [1.165, 1.54) is 0 Å². The fraction of sp³-hybridized carbons (Fsp3) is 0.735. The fourth-order valence-electron chi connectivity index (χ4n) is 8.20. The molecule has 2 bridgehead atoms. The van der Waals surface area contributed by atoms with Gasteiger partial charge in [-0.25, -0.2) is 0 Å². The van der Waals surface area contributed by atoms with Crippen LogP contribution in [0.1, 0.15) is 99.8 Å². The third-order valence-corrected chi connectivity index (χ3v) is 9.39. The van der Waals surface area contributed by atoms with Crippen LogP contribution in [0, 0.1) is 17.3 Å². The van der Waals surface area contributed by atoms with E-state index in [4.69, 9.17) is 9.47 Å². The molecule has 3 fully saturated rings. The molecule has 9 nitrogen and oxygen atoms in total. The normalized spacial score (nSPS) is 28.2. The van der Waals surface area contributed by atoms with Gasteiger partial charge in [-0.3, -0.25) is 14.4 Å². The molecule has 2 unspecified atom stereocenters. The van der Waals surface area contributed by atoms with Crippen LogP contribution < -0.4 is 15.4 Å². The maximum atomic E-state index is 14.4. The summed E-state index contributed by atoms with van der Waals surface area (Å²) < 4.78 is 12.4. The van der Waals surface area contributed by atoms with Crippen molar-refractivity contribution in [2.75, 3.05) is 25.1 Å². The zero-order chi connectivity index (χ0) is 31.6. The van der Waals surface area contributed by atoms with Gasteiger partial charge >= 0.3 is 0 Å². The maximum Gasteiger partial charge on any atom is 0.246 e. The molecule has 1 aromatic rings. The van der Waals surface area contributed by atoms with Gasteiger partial charge in [0.1, 0.15) is 17.4 Å². The number of likely N-dealkylation sites (tertiary alicyclic amines) is 1. The first-order valence-electron chi connectivity index (χ1n) is 16.2. The van der Waals surface area contributed by atoms with E-state index in [1.807, 2.05) is 39.8 Å². The first-order valence-corrected chi connectivity index (χ1v) is 16.2. The predicted molar refractivity (Wildman–Crippen MR) is 167 cm³/mol. The Labute approximate surface area is 257 Å². The number of ether oxygens (including phenoxy) is 2. The highest BCUT2D eigenvalue weighted by molar-refractivity contribution is 6.02. The molecule has 3 saturated heterocycles. The van der Waals surface area contributed by atoms with Gasteiger partial charge in [0.2, 0.25) is 17.7 Å². The number of carbonyl (C=O) groups excluding carboxylic acids is 3. The van der Waals surface area contributed by atoms with Crippen molar-refractivity contribution in [1.29, 1.82) is 0 Å². The average Bonchev–Trinajstić information content (AvgIpc) is 3.51. The number of anilines is 1. The highest BCUT2D eigenvalue weighted by atomic mass is 16.5. The van der Waals surface area contributed by atoms with Crippen molar-refractivity contribution < 1.29 is 29.0 Å². The first-order chi connectivity index (χ1) is 20.2. The SMILES string of the molecule is CCOc1ccc(NC(=O)[C@@H]2[C@H]3C(=O)N(CCCCCCO)C(C(=O)NC(C)(C)CC(C)(C)C)C34CC[C@@]2(CC)O4)cc1. The van der Waals surface area contributed by atoms with Gasteiger partial charge in [-0.1, -0.05) is 40.5 Å². The number of nitrogens with zero attached hydrogens (tertiary/aromatic N) is 1. The molecule has 3 aliphatic heterocycles. The molecular weight excluding hydrogens is 546 g/mol. The van der Waals surface area contributed by atoms with Crippen LogP contribution in [-0.4, -0.2) is 70.3 Å². The molecule has 5 atom stereocenters. The summed E-state index contributed by atoms with van der Waals surface area (Å²) in [4.78, 5) is 44.4. The monoisotopic (exact) mass is 599 g/mol. The number of amides is 3. The quantitative estimate of drug-likeness (QED) is 0.257. The molecule has 3 N–H and O–H groups in total. The molecular formula is C34H53N3O6. The smallest absolute Gasteiger partial charge is 0.246 e. The van der Waals surface area contributed by atoms with Gasteiger partial charge in [-0.05, 0) is 89.0 Å². The number of hydrogen-bond acceptors (Lipinski definition) is 6. The topological polar surface area (TPSA) is 117 Å². The summed E-state index contributed by atoms with van der Waals surface area (Å²) in [5, 5.41) is 15.5. The summed E-state index contributed by atoms with van der Waals surface area (Å²) >= 11 is 0. The number of carbonyl (C=O) groups is 3. The Morgan fingerprint density at radius 1 is 1.02 bits per heavy atom. The Morgan fingerprint density at radius 3 is 2.30 bits per heavy atom. The molecule has 9 heteroatoms. The van der Waals surface area contributed by atoms with Gasteiger partial charge in [0.15, 0.2) is 0 Å².